The van der Waals surface area contributed by atoms with E-state index < -0.39 is 0 Å². The number of likely N-dealkylation sites (tertiary alicyclic amines) is 1. The van der Waals surface area contributed by atoms with Crippen molar-refractivity contribution in [1.82, 2.24) is 20.2 Å². The second kappa shape index (κ2) is 10.9. The van der Waals surface area contributed by atoms with Crippen LogP contribution in [-0.4, -0.2) is 66.1 Å². The molecule has 182 valence electrons. The van der Waals surface area contributed by atoms with Crippen LogP contribution in [0, 0.1) is 5.92 Å². The zero-order valence-corrected chi connectivity index (χ0v) is 20.4. The summed E-state index contributed by atoms with van der Waals surface area (Å²) in [6, 6.07) is 6.42. The summed E-state index contributed by atoms with van der Waals surface area (Å²) in [6.07, 6.45) is 10.3. The molecule has 1 amide bonds. The van der Waals surface area contributed by atoms with Gasteiger partial charge in [0.15, 0.2) is 0 Å². The van der Waals surface area contributed by atoms with Crippen LogP contribution < -0.4 is 21.1 Å². The van der Waals surface area contributed by atoms with Gasteiger partial charge in [-0.05, 0) is 48.9 Å². The minimum Gasteiger partial charge on any atom is -0.373 e. The van der Waals surface area contributed by atoms with Crippen molar-refractivity contribution in [3.05, 3.63) is 53.1 Å². The smallest absolute Gasteiger partial charge is 0.271 e. The summed E-state index contributed by atoms with van der Waals surface area (Å²) in [4.78, 5) is 37.0. The first-order valence-electron chi connectivity index (χ1n) is 12.3. The SMILES string of the molecule is CNc1cc(-c2c[nH]c(=O)c(N(CC3CC3)[C@H]3CCN(C(=O)C=CCNC(C)C)C3)c2)ccn1. The molecule has 3 heterocycles. The zero-order chi connectivity index (χ0) is 24.1. The molecule has 2 fully saturated rings. The first-order valence-corrected chi connectivity index (χ1v) is 12.3. The topological polar surface area (TPSA) is 93.4 Å². The maximum absolute atomic E-state index is 13.0. The van der Waals surface area contributed by atoms with Crippen molar-refractivity contribution >= 4 is 17.4 Å². The minimum atomic E-state index is -0.0864. The number of aromatic nitrogens is 2. The molecule has 3 N–H and O–H groups in total. The Bertz CT molecular complexity index is 1070. The third kappa shape index (κ3) is 6.05. The fourth-order valence-corrected chi connectivity index (χ4v) is 4.39. The van der Waals surface area contributed by atoms with Crippen molar-refractivity contribution in [3.8, 4) is 11.1 Å². The van der Waals surface area contributed by atoms with Gasteiger partial charge < -0.3 is 25.4 Å². The lowest BCUT2D eigenvalue weighted by molar-refractivity contribution is -0.125. The highest BCUT2D eigenvalue weighted by molar-refractivity contribution is 5.88. The van der Waals surface area contributed by atoms with Gasteiger partial charge in [0.25, 0.3) is 5.56 Å². The summed E-state index contributed by atoms with van der Waals surface area (Å²) in [5.74, 6) is 1.44. The first kappa shape index (κ1) is 24.0. The van der Waals surface area contributed by atoms with Crippen LogP contribution in [0.1, 0.15) is 33.1 Å². The summed E-state index contributed by atoms with van der Waals surface area (Å²) < 4.78 is 0. The van der Waals surface area contributed by atoms with E-state index in [1.54, 1.807) is 18.5 Å². The van der Waals surface area contributed by atoms with Crippen LogP contribution in [0.2, 0.25) is 0 Å². The van der Waals surface area contributed by atoms with E-state index in [1.165, 1.54) is 12.8 Å². The molecule has 8 nitrogen and oxygen atoms in total. The van der Waals surface area contributed by atoms with Crippen molar-refractivity contribution < 1.29 is 4.79 Å². The Morgan fingerprint density at radius 2 is 2.12 bits per heavy atom. The number of H-pyrrole nitrogens is 1. The van der Waals surface area contributed by atoms with E-state index in [4.69, 9.17) is 0 Å². The van der Waals surface area contributed by atoms with Crippen LogP contribution in [0.5, 0.6) is 0 Å². The van der Waals surface area contributed by atoms with Gasteiger partial charge in [0.05, 0.1) is 0 Å². The van der Waals surface area contributed by atoms with Gasteiger partial charge >= 0.3 is 0 Å². The molecule has 2 aromatic heterocycles. The van der Waals surface area contributed by atoms with E-state index in [2.05, 4.69) is 39.3 Å². The van der Waals surface area contributed by atoms with Crippen LogP contribution in [0.4, 0.5) is 11.5 Å². The van der Waals surface area contributed by atoms with Crippen molar-refractivity contribution in [2.75, 3.05) is 43.4 Å². The summed E-state index contributed by atoms with van der Waals surface area (Å²) in [5.41, 5.74) is 2.53. The molecule has 2 aliphatic rings. The van der Waals surface area contributed by atoms with Crippen LogP contribution >= 0.6 is 0 Å². The highest BCUT2D eigenvalue weighted by Gasteiger charge is 2.34. The summed E-state index contributed by atoms with van der Waals surface area (Å²) in [7, 11) is 1.84. The quantitative estimate of drug-likeness (QED) is 0.468. The Balaban J connectivity index is 1.52. The number of aromatic amines is 1. The molecular formula is C26H36N6O2. The van der Waals surface area contributed by atoms with Crippen molar-refractivity contribution in [2.24, 2.45) is 5.92 Å². The van der Waals surface area contributed by atoms with Gasteiger partial charge in [0.1, 0.15) is 11.5 Å². The van der Waals surface area contributed by atoms with E-state index >= 15 is 0 Å². The average molecular weight is 465 g/mol. The summed E-state index contributed by atoms with van der Waals surface area (Å²) in [5, 5.41) is 6.35. The lowest BCUT2D eigenvalue weighted by atomic mass is 10.1. The van der Waals surface area contributed by atoms with Crippen molar-refractivity contribution in [2.45, 2.75) is 45.2 Å². The van der Waals surface area contributed by atoms with Gasteiger partial charge in [0, 0.05) is 69.3 Å². The van der Waals surface area contributed by atoms with Crippen LogP contribution in [0.3, 0.4) is 0 Å². The molecule has 0 radical (unpaired) electrons. The molecule has 0 unspecified atom stereocenters. The standard InChI is InChI=1S/C26H36N6O2/c1-18(2)28-10-4-5-25(33)31-12-9-22(17-31)32(16-19-6-7-19)23-13-21(15-30-26(23)34)20-8-11-29-24(14-20)27-3/h4-5,8,11,13-15,18-19,22,28H,6-7,9-10,12,16-17H2,1-3H3,(H,27,29)(H,30,34)/t22-/m0/s1. The Labute approximate surface area is 201 Å². The predicted octanol–water partition coefficient (Wildman–Crippen LogP) is 2.85. The molecule has 1 aliphatic heterocycles. The molecule has 8 heteroatoms. The normalized spacial score (nSPS) is 18.1. The lowest BCUT2D eigenvalue weighted by Gasteiger charge is -2.31. The second-order valence-electron chi connectivity index (χ2n) is 9.57. The van der Waals surface area contributed by atoms with Crippen LogP contribution in [0.15, 0.2) is 47.5 Å². The Morgan fingerprint density at radius 3 is 2.85 bits per heavy atom. The average Bonchev–Trinajstić information content (AvgIpc) is 3.53. The van der Waals surface area contributed by atoms with Gasteiger partial charge in [0.2, 0.25) is 5.91 Å². The molecule has 1 saturated heterocycles. The van der Waals surface area contributed by atoms with Gasteiger partial charge in [-0.2, -0.15) is 0 Å². The third-order valence-electron chi connectivity index (χ3n) is 6.51. The number of hydrogen-bond acceptors (Lipinski definition) is 6. The van der Waals surface area contributed by atoms with E-state index in [9.17, 15) is 9.59 Å². The molecule has 1 atom stereocenters. The van der Waals surface area contributed by atoms with Crippen molar-refractivity contribution in [1.29, 1.82) is 0 Å². The van der Waals surface area contributed by atoms with Gasteiger partial charge in [-0.15, -0.1) is 0 Å². The molecule has 1 aliphatic carbocycles. The zero-order valence-electron chi connectivity index (χ0n) is 20.4. The molecule has 0 spiro atoms. The summed E-state index contributed by atoms with van der Waals surface area (Å²) in [6.45, 7) is 7.04. The Morgan fingerprint density at radius 1 is 1.29 bits per heavy atom. The van der Waals surface area contributed by atoms with Gasteiger partial charge in [-0.3, -0.25) is 9.59 Å². The van der Waals surface area contributed by atoms with E-state index in [0.29, 0.717) is 37.3 Å². The van der Waals surface area contributed by atoms with Crippen molar-refractivity contribution in [3.63, 3.8) is 0 Å². The number of hydrogen-bond donors (Lipinski definition) is 3. The highest BCUT2D eigenvalue weighted by atomic mass is 16.2. The second-order valence-corrected chi connectivity index (χ2v) is 9.57. The fraction of sp³-hybridized carbons (Fsp3) is 0.500. The van der Waals surface area contributed by atoms with Crippen LogP contribution in [0.25, 0.3) is 11.1 Å². The number of anilines is 2. The minimum absolute atomic E-state index is 0.0402. The molecule has 0 bridgehead atoms. The predicted molar refractivity (Wildman–Crippen MR) is 137 cm³/mol. The van der Waals surface area contributed by atoms with E-state index in [1.807, 2.05) is 36.2 Å². The third-order valence-corrected chi connectivity index (χ3v) is 6.51. The fourth-order valence-electron chi connectivity index (χ4n) is 4.39. The van der Waals surface area contributed by atoms with E-state index in [-0.39, 0.29) is 17.5 Å². The molecule has 0 aromatic carbocycles. The highest BCUT2D eigenvalue weighted by Crippen LogP contribution is 2.34. The maximum atomic E-state index is 13.0. The van der Waals surface area contributed by atoms with E-state index in [0.717, 1.165) is 29.9 Å². The number of carbonyl (C=O) groups is 1. The molecule has 34 heavy (non-hydrogen) atoms. The molecule has 1 saturated carbocycles. The number of carbonyl (C=O) groups excluding carboxylic acids is 1. The Kier molecular flexibility index (Phi) is 7.67. The van der Waals surface area contributed by atoms with Gasteiger partial charge in [-0.25, -0.2) is 4.98 Å². The Hall–Kier alpha value is -3.13. The molecular weight excluding hydrogens is 428 g/mol. The number of rotatable bonds is 10. The van der Waals surface area contributed by atoms with Gasteiger partial charge in [-0.1, -0.05) is 19.9 Å². The van der Waals surface area contributed by atoms with Crippen LogP contribution in [-0.2, 0) is 4.79 Å². The number of amides is 1. The number of nitrogens with one attached hydrogen (secondary N) is 3. The first-order chi connectivity index (χ1) is 16.4. The number of pyridine rings is 2. The lowest BCUT2D eigenvalue weighted by Crippen LogP contribution is -2.42. The molecule has 4 rings (SSSR count). The maximum Gasteiger partial charge on any atom is 0.271 e. The molecule has 2 aromatic rings. The largest absolute Gasteiger partial charge is 0.373 e. The monoisotopic (exact) mass is 464 g/mol. The summed E-state index contributed by atoms with van der Waals surface area (Å²) >= 11 is 0. The number of nitrogens with zero attached hydrogens (tertiary/aromatic N) is 3.